The van der Waals surface area contributed by atoms with E-state index in [2.05, 4.69) is 106 Å². The van der Waals surface area contributed by atoms with Crippen LogP contribution in [0.2, 0.25) is 0 Å². The zero-order chi connectivity index (χ0) is 56.4. The normalized spacial score (nSPS) is 12.6. The predicted molar refractivity (Wildman–Crippen MR) is 339 cm³/mol. The van der Waals surface area contributed by atoms with Crippen molar-refractivity contribution in [2.45, 2.75) is 341 Å². The number of allylic oxidation sites excluding steroid dienone is 14. The highest BCUT2D eigenvalue weighted by Crippen LogP contribution is 2.17. The zero-order valence-corrected chi connectivity index (χ0v) is 51.7. The molecule has 0 spiro atoms. The molecule has 450 valence electrons. The first-order valence-corrected chi connectivity index (χ1v) is 33.6. The summed E-state index contributed by atoms with van der Waals surface area (Å²) in [6.07, 6.45) is 87.3. The van der Waals surface area contributed by atoms with Gasteiger partial charge in [0, 0.05) is 19.3 Å². The molecule has 1 atom stereocenters. The Morgan fingerprint density at radius 3 is 0.782 bits per heavy atom. The number of ether oxygens (including phenoxy) is 3. The minimum atomic E-state index is -0.788. The Kier molecular flexibility index (Phi) is 63.2. The number of esters is 3. The first-order chi connectivity index (χ1) is 38.5. The van der Waals surface area contributed by atoms with Crippen molar-refractivity contribution >= 4 is 17.9 Å². The van der Waals surface area contributed by atoms with Gasteiger partial charge in [0.05, 0.1) is 0 Å². The maximum atomic E-state index is 12.9. The fraction of sp³-hybridized carbons (Fsp3) is 0.764. The van der Waals surface area contributed by atoms with Gasteiger partial charge in [-0.3, -0.25) is 14.4 Å². The molecule has 0 heterocycles. The molecule has 0 bridgehead atoms. The summed E-state index contributed by atoms with van der Waals surface area (Å²) in [5.41, 5.74) is 0. The van der Waals surface area contributed by atoms with Gasteiger partial charge in [-0.25, -0.2) is 0 Å². The summed E-state index contributed by atoms with van der Waals surface area (Å²) < 4.78 is 17.0. The summed E-state index contributed by atoms with van der Waals surface area (Å²) >= 11 is 0. The Labute approximate surface area is 484 Å². The number of carbonyl (C=O) groups excluding carboxylic acids is 3. The number of unbranched alkanes of at least 4 members (excludes halogenated alkanes) is 36. The van der Waals surface area contributed by atoms with Gasteiger partial charge in [-0.2, -0.15) is 0 Å². The van der Waals surface area contributed by atoms with Gasteiger partial charge >= 0.3 is 17.9 Å². The van der Waals surface area contributed by atoms with Crippen LogP contribution in [0.15, 0.2) is 85.1 Å². The third kappa shape index (κ3) is 63.4. The SMILES string of the molecule is CC/C=C\C/C=C\C/C=C\C/C=C\CCCCCCCCCCC(=O)OCC(COC(=O)CCCCCCCCCCCCCCCCCCCC)OC(=O)CCCCCCCC/C=C\C/C=C\C/C=C\CCCCCCC. The van der Waals surface area contributed by atoms with Gasteiger partial charge < -0.3 is 14.2 Å². The summed E-state index contributed by atoms with van der Waals surface area (Å²) in [7, 11) is 0. The summed E-state index contributed by atoms with van der Waals surface area (Å²) in [5.74, 6) is -0.885. The van der Waals surface area contributed by atoms with Crippen molar-refractivity contribution in [3.05, 3.63) is 85.1 Å². The second kappa shape index (κ2) is 66.1. The van der Waals surface area contributed by atoms with Gasteiger partial charge in [0.15, 0.2) is 6.10 Å². The van der Waals surface area contributed by atoms with E-state index < -0.39 is 6.10 Å². The molecule has 0 saturated heterocycles. The molecule has 6 nitrogen and oxygen atoms in total. The molecule has 0 radical (unpaired) electrons. The predicted octanol–water partition coefficient (Wildman–Crippen LogP) is 23.1. The molecule has 0 aromatic carbocycles. The van der Waals surface area contributed by atoms with E-state index in [0.717, 1.165) is 116 Å². The molecule has 0 aliphatic carbocycles. The van der Waals surface area contributed by atoms with Crippen molar-refractivity contribution in [2.75, 3.05) is 13.2 Å². The topological polar surface area (TPSA) is 78.9 Å². The molecule has 0 fully saturated rings. The minimum absolute atomic E-state index is 0.0816. The first-order valence-electron chi connectivity index (χ1n) is 33.6. The van der Waals surface area contributed by atoms with Crippen LogP contribution in [-0.4, -0.2) is 37.2 Å². The Bertz CT molecular complexity index is 1480. The van der Waals surface area contributed by atoms with E-state index in [1.165, 1.54) is 180 Å². The second-order valence-electron chi connectivity index (χ2n) is 22.4. The Balaban J connectivity index is 4.41. The Morgan fingerprint density at radius 1 is 0.269 bits per heavy atom. The van der Waals surface area contributed by atoms with Gasteiger partial charge in [0.25, 0.3) is 0 Å². The highest BCUT2D eigenvalue weighted by molar-refractivity contribution is 5.71. The van der Waals surface area contributed by atoms with Gasteiger partial charge in [-0.05, 0) is 96.3 Å². The van der Waals surface area contributed by atoms with E-state index in [4.69, 9.17) is 14.2 Å². The third-order valence-corrected chi connectivity index (χ3v) is 14.6. The molecular formula is C72H126O6. The summed E-state index contributed by atoms with van der Waals surface area (Å²) in [5, 5.41) is 0. The molecule has 6 heteroatoms. The lowest BCUT2D eigenvalue weighted by atomic mass is 10.0. The van der Waals surface area contributed by atoms with Crippen molar-refractivity contribution in [3.63, 3.8) is 0 Å². The van der Waals surface area contributed by atoms with E-state index >= 15 is 0 Å². The van der Waals surface area contributed by atoms with Crippen LogP contribution in [-0.2, 0) is 28.6 Å². The average molecular weight is 1090 g/mol. The minimum Gasteiger partial charge on any atom is -0.462 e. The average Bonchev–Trinajstić information content (AvgIpc) is 3.44. The lowest BCUT2D eigenvalue weighted by Gasteiger charge is -2.18. The number of hydrogen-bond acceptors (Lipinski definition) is 6. The second-order valence-corrected chi connectivity index (χ2v) is 22.4. The monoisotopic (exact) mass is 1090 g/mol. The highest BCUT2D eigenvalue weighted by atomic mass is 16.6. The van der Waals surface area contributed by atoms with E-state index in [0.29, 0.717) is 19.3 Å². The van der Waals surface area contributed by atoms with Gasteiger partial charge in [-0.1, -0.05) is 305 Å². The molecule has 0 aromatic rings. The Morgan fingerprint density at radius 2 is 0.500 bits per heavy atom. The van der Waals surface area contributed by atoms with Crippen LogP contribution in [0.4, 0.5) is 0 Å². The third-order valence-electron chi connectivity index (χ3n) is 14.6. The molecule has 1 unspecified atom stereocenters. The van der Waals surface area contributed by atoms with E-state index in [9.17, 15) is 14.4 Å². The van der Waals surface area contributed by atoms with Gasteiger partial charge in [-0.15, -0.1) is 0 Å². The van der Waals surface area contributed by atoms with E-state index in [1.54, 1.807) is 0 Å². The van der Waals surface area contributed by atoms with Crippen LogP contribution in [0.3, 0.4) is 0 Å². The Hall–Kier alpha value is -3.41. The zero-order valence-electron chi connectivity index (χ0n) is 51.7. The first kappa shape index (κ1) is 74.6. The molecule has 0 saturated carbocycles. The summed E-state index contributed by atoms with van der Waals surface area (Å²) in [6.45, 7) is 6.55. The molecule has 0 aromatic heterocycles. The summed E-state index contributed by atoms with van der Waals surface area (Å²) in [6, 6.07) is 0. The smallest absolute Gasteiger partial charge is 0.306 e. The number of rotatable bonds is 61. The van der Waals surface area contributed by atoms with Crippen molar-refractivity contribution in [1.82, 2.24) is 0 Å². The lowest BCUT2D eigenvalue weighted by Crippen LogP contribution is -2.30. The maximum absolute atomic E-state index is 12.9. The number of carbonyl (C=O) groups is 3. The molecule has 0 aliphatic rings. The van der Waals surface area contributed by atoms with Crippen molar-refractivity contribution < 1.29 is 28.6 Å². The van der Waals surface area contributed by atoms with Gasteiger partial charge in [0.1, 0.15) is 13.2 Å². The van der Waals surface area contributed by atoms with Crippen LogP contribution >= 0.6 is 0 Å². The molecule has 0 aliphatic heterocycles. The van der Waals surface area contributed by atoms with Crippen molar-refractivity contribution in [1.29, 1.82) is 0 Å². The summed E-state index contributed by atoms with van der Waals surface area (Å²) in [4.78, 5) is 38.4. The van der Waals surface area contributed by atoms with Crippen LogP contribution in [0.5, 0.6) is 0 Å². The van der Waals surface area contributed by atoms with Crippen LogP contribution in [0.25, 0.3) is 0 Å². The highest BCUT2D eigenvalue weighted by Gasteiger charge is 2.19. The van der Waals surface area contributed by atoms with Crippen LogP contribution < -0.4 is 0 Å². The lowest BCUT2D eigenvalue weighted by molar-refractivity contribution is -0.167. The number of hydrogen-bond donors (Lipinski definition) is 0. The van der Waals surface area contributed by atoms with E-state index in [1.807, 2.05) is 0 Å². The van der Waals surface area contributed by atoms with Crippen LogP contribution in [0.1, 0.15) is 335 Å². The fourth-order valence-electron chi connectivity index (χ4n) is 9.62. The quantitative estimate of drug-likeness (QED) is 0.0261. The van der Waals surface area contributed by atoms with E-state index in [-0.39, 0.29) is 31.1 Å². The molecule has 78 heavy (non-hydrogen) atoms. The molecular weight excluding hydrogens is 961 g/mol. The van der Waals surface area contributed by atoms with Crippen LogP contribution in [0, 0.1) is 0 Å². The van der Waals surface area contributed by atoms with Crippen molar-refractivity contribution in [2.24, 2.45) is 0 Å². The largest absolute Gasteiger partial charge is 0.462 e. The molecule has 0 N–H and O–H groups in total. The fourth-order valence-corrected chi connectivity index (χ4v) is 9.62. The van der Waals surface area contributed by atoms with Crippen molar-refractivity contribution in [3.8, 4) is 0 Å². The van der Waals surface area contributed by atoms with Gasteiger partial charge in [0.2, 0.25) is 0 Å². The standard InChI is InChI=1S/C72H126O6/c1-4-7-10-13-16-19-22-25-28-31-34-36-38-41-44-47-50-53-56-59-62-65-71(74)77-68-69(67-76-70(73)64-61-58-55-52-49-46-43-40-33-30-27-24-21-18-15-12-9-6-3)78-72(75)66-63-60-57-54-51-48-45-42-39-37-35-32-29-26-23-20-17-14-11-8-5-2/h7,10,16,19,23,25-26,28,32,34-36,39,42,69H,4-6,8-9,11-15,17-18,20-22,24,27,29-31,33,37-38,40-41,43-68H2,1-3H3/b10-7-,19-16-,26-23-,28-25-,35-32-,36-34-,42-39-. The maximum Gasteiger partial charge on any atom is 0.306 e. The molecule has 0 amide bonds. The molecule has 0 rings (SSSR count).